The molecule has 1 aliphatic rings. The van der Waals surface area contributed by atoms with Crippen molar-refractivity contribution >= 4 is 17.4 Å². The number of hydrogen-bond donors (Lipinski definition) is 1. The first-order chi connectivity index (χ1) is 12.9. The number of benzene rings is 2. The van der Waals surface area contributed by atoms with Crippen molar-refractivity contribution in [1.82, 2.24) is 4.90 Å². The Bertz CT molecular complexity index is 786. The minimum atomic E-state index is -4.39. The van der Waals surface area contributed by atoms with Crippen LogP contribution in [0.5, 0.6) is 5.75 Å². The summed E-state index contributed by atoms with van der Waals surface area (Å²) in [7, 11) is 1.62. The van der Waals surface area contributed by atoms with E-state index in [0.717, 1.165) is 23.6 Å². The van der Waals surface area contributed by atoms with E-state index in [-0.39, 0.29) is 6.03 Å². The molecule has 2 amide bonds. The monoisotopic (exact) mass is 379 g/mol. The van der Waals surface area contributed by atoms with Gasteiger partial charge in [-0.1, -0.05) is 12.1 Å². The summed E-state index contributed by atoms with van der Waals surface area (Å²) in [4.78, 5) is 16.1. The van der Waals surface area contributed by atoms with Crippen molar-refractivity contribution in [3.63, 3.8) is 0 Å². The van der Waals surface area contributed by atoms with Crippen LogP contribution in [0.4, 0.5) is 29.3 Å². The summed E-state index contributed by atoms with van der Waals surface area (Å²) < 4.78 is 43.2. The molecule has 0 unspecified atom stereocenters. The Morgan fingerprint density at radius 2 is 1.63 bits per heavy atom. The Balaban J connectivity index is 1.57. The topological polar surface area (TPSA) is 44.8 Å². The number of rotatable bonds is 3. The smallest absolute Gasteiger partial charge is 0.416 e. The summed E-state index contributed by atoms with van der Waals surface area (Å²) in [6.07, 6.45) is -4.39. The van der Waals surface area contributed by atoms with E-state index in [1.807, 2.05) is 24.3 Å². The van der Waals surface area contributed by atoms with Crippen molar-refractivity contribution in [1.29, 1.82) is 0 Å². The average Bonchev–Trinajstić information content (AvgIpc) is 2.68. The number of urea groups is 1. The molecule has 5 nitrogen and oxygen atoms in total. The number of halogens is 3. The van der Waals surface area contributed by atoms with Crippen LogP contribution in [0, 0.1) is 0 Å². The number of para-hydroxylation sites is 2. The van der Waals surface area contributed by atoms with E-state index in [2.05, 4.69) is 10.2 Å². The van der Waals surface area contributed by atoms with E-state index in [4.69, 9.17) is 4.74 Å². The van der Waals surface area contributed by atoms with E-state index in [0.29, 0.717) is 31.9 Å². The van der Waals surface area contributed by atoms with Gasteiger partial charge in [0, 0.05) is 31.9 Å². The number of ether oxygens (including phenoxy) is 1. The van der Waals surface area contributed by atoms with Crippen LogP contribution in [-0.2, 0) is 6.18 Å². The van der Waals surface area contributed by atoms with Crippen molar-refractivity contribution in [3.05, 3.63) is 54.1 Å². The maximum atomic E-state index is 12.6. The minimum Gasteiger partial charge on any atom is -0.495 e. The zero-order chi connectivity index (χ0) is 19.4. The molecule has 8 heteroatoms. The van der Waals surface area contributed by atoms with Crippen LogP contribution in [-0.4, -0.2) is 44.2 Å². The van der Waals surface area contributed by atoms with E-state index < -0.39 is 11.7 Å². The van der Waals surface area contributed by atoms with Crippen molar-refractivity contribution in [2.45, 2.75) is 6.18 Å². The molecule has 0 aromatic heterocycles. The molecular weight excluding hydrogens is 359 g/mol. The summed E-state index contributed by atoms with van der Waals surface area (Å²) >= 11 is 0. The highest BCUT2D eigenvalue weighted by molar-refractivity contribution is 5.89. The maximum Gasteiger partial charge on any atom is 0.416 e. The van der Waals surface area contributed by atoms with Gasteiger partial charge >= 0.3 is 12.2 Å². The Labute approximate surface area is 155 Å². The first-order valence-electron chi connectivity index (χ1n) is 8.49. The molecule has 0 spiro atoms. The van der Waals surface area contributed by atoms with Gasteiger partial charge in [-0.25, -0.2) is 4.79 Å². The van der Waals surface area contributed by atoms with Gasteiger partial charge in [0.15, 0.2) is 0 Å². The van der Waals surface area contributed by atoms with Crippen LogP contribution in [0.15, 0.2) is 48.5 Å². The Kier molecular flexibility index (Phi) is 5.43. The maximum absolute atomic E-state index is 12.6. The number of piperazine rings is 1. The number of carbonyl (C=O) groups is 1. The van der Waals surface area contributed by atoms with Crippen molar-refractivity contribution in [2.75, 3.05) is 43.5 Å². The lowest BCUT2D eigenvalue weighted by atomic mass is 10.2. The Morgan fingerprint density at radius 1 is 1.00 bits per heavy atom. The summed E-state index contributed by atoms with van der Waals surface area (Å²) in [5.41, 5.74) is 0.564. The lowest BCUT2D eigenvalue weighted by Gasteiger charge is -2.36. The van der Waals surface area contributed by atoms with Crippen molar-refractivity contribution in [2.24, 2.45) is 0 Å². The van der Waals surface area contributed by atoms with Gasteiger partial charge in [-0.15, -0.1) is 0 Å². The molecule has 0 saturated carbocycles. The lowest BCUT2D eigenvalue weighted by Crippen LogP contribution is -2.50. The van der Waals surface area contributed by atoms with Crippen molar-refractivity contribution < 1.29 is 22.7 Å². The van der Waals surface area contributed by atoms with Gasteiger partial charge in [0.05, 0.1) is 18.4 Å². The molecule has 1 heterocycles. The fourth-order valence-corrected chi connectivity index (χ4v) is 2.99. The second-order valence-electron chi connectivity index (χ2n) is 6.15. The van der Waals surface area contributed by atoms with E-state index in [1.165, 1.54) is 12.1 Å². The van der Waals surface area contributed by atoms with Crippen LogP contribution in [0.25, 0.3) is 0 Å². The number of nitrogens with one attached hydrogen (secondary N) is 1. The molecule has 2 aromatic rings. The molecule has 1 N–H and O–H groups in total. The third-order valence-electron chi connectivity index (χ3n) is 4.46. The van der Waals surface area contributed by atoms with Gasteiger partial charge in [0.1, 0.15) is 5.75 Å². The number of hydrogen-bond acceptors (Lipinski definition) is 3. The Hall–Kier alpha value is -2.90. The summed E-state index contributed by atoms with van der Waals surface area (Å²) in [5.74, 6) is 0.778. The molecule has 2 aromatic carbocycles. The quantitative estimate of drug-likeness (QED) is 0.875. The van der Waals surface area contributed by atoms with Gasteiger partial charge in [-0.3, -0.25) is 0 Å². The Morgan fingerprint density at radius 3 is 2.22 bits per heavy atom. The van der Waals surface area contributed by atoms with E-state index in [9.17, 15) is 18.0 Å². The van der Waals surface area contributed by atoms with Crippen LogP contribution >= 0.6 is 0 Å². The predicted octanol–water partition coefficient (Wildman–Crippen LogP) is 4.07. The SMILES string of the molecule is COc1ccccc1N1CCN(C(=O)Nc2ccc(C(F)(F)F)cc2)CC1. The number of nitrogens with zero attached hydrogens (tertiary/aromatic N) is 2. The molecule has 1 saturated heterocycles. The molecule has 0 bridgehead atoms. The highest BCUT2D eigenvalue weighted by atomic mass is 19.4. The molecule has 1 aliphatic heterocycles. The summed E-state index contributed by atoms with van der Waals surface area (Å²) in [6.45, 7) is 2.29. The van der Waals surface area contributed by atoms with Crippen LogP contribution < -0.4 is 15.0 Å². The fraction of sp³-hybridized carbons (Fsp3) is 0.316. The molecule has 144 valence electrons. The average molecular weight is 379 g/mol. The van der Waals surface area contributed by atoms with Crippen LogP contribution in [0.1, 0.15) is 5.56 Å². The fourth-order valence-electron chi connectivity index (χ4n) is 2.99. The van der Waals surface area contributed by atoms with Gasteiger partial charge in [-0.2, -0.15) is 13.2 Å². The number of amides is 2. The zero-order valence-electron chi connectivity index (χ0n) is 14.8. The van der Waals surface area contributed by atoms with Crippen LogP contribution in [0.2, 0.25) is 0 Å². The zero-order valence-corrected chi connectivity index (χ0v) is 14.8. The van der Waals surface area contributed by atoms with E-state index in [1.54, 1.807) is 12.0 Å². The molecular formula is C19H20F3N3O2. The summed E-state index contributed by atoms with van der Waals surface area (Å²) in [5, 5.41) is 2.64. The molecule has 0 aliphatic carbocycles. The van der Waals surface area contributed by atoms with Crippen molar-refractivity contribution in [3.8, 4) is 5.75 Å². The molecule has 0 atom stereocenters. The number of alkyl halides is 3. The highest BCUT2D eigenvalue weighted by Gasteiger charge is 2.30. The third kappa shape index (κ3) is 4.45. The second-order valence-corrected chi connectivity index (χ2v) is 6.15. The molecule has 27 heavy (non-hydrogen) atoms. The first-order valence-corrected chi connectivity index (χ1v) is 8.49. The minimum absolute atomic E-state index is 0.325. The normalized spacial score (nSPS) is 14.8. The highest BCUT2D eigenvalue weighted by Crippen LogP contribution is 2.30. The standard InChI is InChI=1S/C19H20F3N3O2/c1-27-17-5-3-2-4-16(17)24-10-12-25(13-11-24)18(26)23-15-8-6-14(7-9-15)19(20,21)22/h2-9H,10-13H2,1H3,(H,23,26). The van der Waals surface area contributed by atoms with Gasteiger partial charge in [0.2, 0.25) is 0 Å². The number of carbonyl (C=O) groups excluding carboxylic acids is 1. The molecule has 0 radical (unpaired) electrons. The van der Waals surface area contributed by atoms with Gasteiger partial charge in [-0.05, 0) is 36.4 Å². The van der Waals surface area contributed by atoms with Gasteiger partial charge in [0.25, 0.3) is 0 Å². The predicted molar refractivity (Wildman–Crippen MR) is 97.2 cm³/mol. The number of methoxy groups -OCH3 is 1. The third-order valence-corrected chi connectivity index (χ3v) is 4.46. The molecule has 1 fully saturated rings. The largest absolute Gasteiger partial charge is 0.495 e. The lowest BCUT2D eigenvalue weighted by molar-refractivity contribution is -0.137. The summed E-state index contributed by atoms with van der Waals surface area (Å²) in [6, 6.07) is 11.8. The molecule has 3 rings (SSSR count). The van der Waals surface area contributed by atoms with Crippen LogP contribution in [0.3, 0.4) is 0 Å². The number of anilines is 2. The second kappa shape index (κ2) is 7.77. The van der Waals surface area contributed by atoms with Gasteiger partial charge < -0.3 is 19.9 Å². The van der Waals surface area contributed by atoms with E-state index >= 15 is 0 Å². The first kappa shape index (κ1) is 18.9.